The molecule has 3 heterocycles. The van der Waals surface area contributed by atoms with Crippen molar-refractivity contribution in [1.29, 1.82) is 0 Å². The Labute approximate surface area is 209 Å². The van der Waals surface area contributed by atoms with Gasteiger partial charge in [0, 0.05) is 38.3 Å². The summed E-state index contributed by atoms with van der Waals surface area (Å²) in [6.07, 6.45) is 3.31. The Morgan fingerprint density at radius 3 is 3.00 bits per heavy atom. The van der Waals surface area contributed by atoms with Crippen LogP contribution in [-0.4, -0.2) is 49.8 Å². The van der Waals surface area contributed by atoms with Crippen molar-refractivity contribution in [2.45, 2.75) is 32.4 Å². The van der Waals surface area contributed by atoms with E-state index in [1.165, 1.54) is 6.07 Å². The summed E-state index contributed by atoms with van der Waals surface area (Å²) in [5.74, 6) is 2.08. The Balaban J connectivity index is 0.00000289. The number of nitrogens with one attached hydrogen (secondary N) is 2. The molecule has 0 aliphatic carbocycles. The van der Waals surface area contributed by atoms with Crippen LogP contribution >= 0.6 is 35.6 Å². The van der Waals surface area contributed by atoms with E-state index in [2.05, 4.69) is 15.6 Å². The fourth-order valence-corrected chi connectivity index (χ4v) is 4.03. The molecule has 2 aromatic rings. The fraction of sp³-hybridized carbons (Fsp3) is 0.455. The average Bonchev–Trinajstić information content (AvgIpc) is 3.08. The van der Waals surface area contributed by atoms with E-state index >= 15 is 0 Å². The van der Waals surface area contributed by atoms with Crippen LogP contribution in [-0.2, 0) is 6.54 Å². The SMILES string of the molecule is CCNC(=NCc1cc(Cl)c2c(c1)OCCCO2)NC1CCN(c2ncccc2F)C1.I. The number of fused-ring (bicyclic) bond motifs is 1. The highest BCUT2D eigenvalue weighted by Crippen LogP contribution is 2.38. The first-order valence-corrected chi connectivity index (χ1v) is 11.0. The predicted molar refractivity (Wildman–Crippen MR) is 135 cm³/mol. The topological polar surface area (TPSA) is 71.0 Å². The van der Waals surface area contributed by atoms with Gasteiger partial charge in [0.15, 0.2) is 29.1 Å². The summed E-state index contributed by atoms with van der Waals surface area (Å²) in [4.78, 5) is 10.8. The molecule has 0 radical (unpaired) electrons. The summed E-state index contributed by atoms with van der Waals surface area (Å²) < 4.78 is 25.5. The molecule has 1 unspecified atom stereocenters. The number of anilines is 1. The highest BCUT2D eigenvalue weighted by molar-refractivity contribution is 14.0. The number of hydrogen-bond donors (Lipinski definition) is 2. The van der Waals surface area contributed by atoms with Crippen LogP contribution < -0.4 is 25.0 Å². The molecule has 10 heteroatoms. The zero-order valence-electron chi connectivity index (χ0n) is 17.9. The van der Waals surface area contributed by atoms with Crippen molar-refractivity contribution < 1.29 is 13.9 Å². The van der Waals surface area contributed by atoms with E-state index in [-0.39, 0.29) is 35.8 Å². The largest absolute Gasteiger partial charge is 0.489 e. The van der Waals surface area contributed by atoms with Gasteiger partial charge < -0.3 is 25.0 Å². The van der Waals surface area contributed by atoms with Crippen LogP contribution in [0.3, 0.4) is 0 Å². The van der Waals surface area contributed by atoms with Crippen molar-refractivity contribution >= 4 is 47.4 Å². The highest BCUT2D eigenvalue weighted by atomic mass is 127. The molecule has 4 rings (SSSR count). The zero-order valence-corrected chi connectivity index (χ0v) is 21.0. The van der Waals surface area contributed by atoms with Gasteiger partial charge in [-0.3, -0.25) is 0 Å². The van der Waals surface area contributed by atoms with Crippen LogP contribution in [0.15, 0.2) is 35.5 Å². The summed E-state index contributed by atoms with van der Waals surface area (Å²) >= 11 is 6.39. The molecule has 1 saturated heterocycles. The van der Waals surface area contributed by atoms with Crippen LogP contribution in [0.2, 0.25) is 5.02 Å². The quantitative estimate of drug-likeness (QED) is 0.319. The first kappa shape index (κ1) is 24.6. The summed E-state index contributed by atoms with van der Waals surface area (Å²) in [7, 11) is 0. The van der Waals surface area contributed by atoms with Crippen LogP contribution in [0.5, 0.6) is 11.5 Å². The highest BCUT2D eigenvalue weighted by Gasteiger charge is 2.26. The van der Waals surface area contributed by atoms with Crippen molar-refractivity contribution in [3.8, 4) is 11.5 Å². The van der Waals surface area contributed by atoms with E-state index in [1.54, 1.807) is 12.3 Å². The molecule has 0 amide bonds. The number of pyridine rings is 1. The number of ether oxygens (including phenoxy) is 2. The third kappa shape index (κ3) is 6.06. The molecule has 2 N–H and O–H groups in total. The van der Waals surface area contributed by atoms with E-state index in [0.29, 0.717) is 54.6 Å². The van der Waals surface area contributed by atoms with Crippen molar-refractivity contribution in [3.63, 3.8) is 0 Å². The van der Waals surface area contributed by atoms with E-state index < -0.39 is 0 Å². The minimum Gasteiger partial charge on any atom is -0.489 e. The molecular formula is C22H28ClFIN5O2. The lowest BCUT2D eigenvalue weighted by molar-refractivity contribution is 0.297. The number of hydrogen-bond acceptors (Lipinski definition) is 5. The number of nitrogens with zero attached hydrogens (tertiary/aromatic N) is 3. The number of benzene rings is 1. The minimum absolute atomic E-state index is 0. The lowest BCUT2D eigenvalue weighted by Crippen LogP contribution is -2.44. The Hall–Kier alpha value is -2.01. The average molecular weight is 576 g/mol. The molecule has 1 aromatic heterocycles. The van der Waals surface area contributed by atoms with E-state index in [4.69, 9.17) is 26.1 Å². The zero-order chi connectivity index (χ0) is 21.6. The van der Waals surface area contributed by atoms with Gasteiger partial charge in [0.1, 0.15) is 0 Å². The Morgan fingerprint density at radius 1 is 1.34 bits per heavy atom. The molecular weight excluding hydrogens is 548 g/mol. The van der Waals surface area contributed by atoms with Gasteiger partial charge in [0.25, 0.3) is 0 Å². The molecule has 0 bridgehead atoms. The first-order chi connectivity index (χ1) is 15.1. The number of rotatable bonds is 5. The van der Waals surface area contributed by atoms with Gasteiger partial charge in [0.2, 0.25) is 0 Å². The number of halogens is 3. The second-order valence-corrected chi connectivity index (χ2v) is 7.94. The molecule has 174 valence electrons. The monoisotopic (exact) mass is 575 g/mol. The molecule has 1 fully saturated rings. The van der Waals surface area contributed by atoms with Gasteiger partial charge in [-0.05, 0) is 43.2 Å². The second kappa shape index (κ2) is 11.7. The van der Waals surface area contributed by atoms with Crippen LogP contribution in [0.1, 0.15) is 25.3 Å². The van der Waals surface area contributed by atoms with Crippen LogP contribution in [0, 0.1) is 5.82 Å². The van der Waals surface area contributed by atoms with Gasteiger partial charge in [-0.2, -0.15) is 0 Å². The van der Waals surface area contributed by atoms with E-state index in [9.17, 15) is 4.39 Å². The first-order valence-electron chi connectivity index (χ1n) is 10.6. The van der Waals surface area contributed by atoms with E-state index in [0.717, 1.165) is 31.5 Å². The van der Waals surface area contributed by atoms with Crippen molar-refractivity contribution in [1.82, 2.24) is 15.6 Å². The second-order valence-electron chi connectivity index (χ2n) is 7.54. The molecule has 2 aliphatic rings. The lowest BCUT2D eigenvalue weighted by atomic mass is 10.2. The summed E-state index contributed by atoms with van der Waals surface area (Å²) in [6.45, 7) is 5.80. The molecule has 1 atom stereocenters. The van der Waals surface area contributed by atoms with Gasteiger partial charge in [-0.15, -0.1) is 24.0 Å². The molecule has 32 heavy (non-hydrogen) atoms. The third-order valence-corrected chi connectivity index (χ3v) is 5.47. The number of guanidine groups is 1. The Bertz CT molecular complexity index is 949. The van der Waals surface area contributed by atoms with Crippen molar-refractivity contribution in [2.75, 3.05) is 37.7 Å². The van der Waals surface area contributed by atoms with E-state index in [1.807, 2.05) is 24.0 Å². The summed E-state index contributed by atoms with van der Waals surface area (Å²) in [5, 5.41) is 7.26. The molecule has 0 saturated carbocycles. The van der Waals surface area contributed by atoms with Crippen molar-refractivity contribution in [2.24, 2.45) is 4.99 Å². The third-order valence-electron chi connectivity index (χ3n) is 5.19. The normalized spacial score (nSPS) is 18.0. The molecule has 7 nitrogen and oxygen atoms in total. The smallest absolute Gasteiger partial charge is 0.191 e. The van der Waals surface area contributed by atoms with Gasteiger partial charge in [-0.25, -0.2) is 14.4 Å². The lowest BCUT2D eigenvalue weighted by Gasteiger charge is -2.20. The Morgan fingerprint density at radius 2 is 2.19 bits per heavy atom. The molecule has 0 spiro atoms. The summed E-state index contributed by atoms with van der Waals surface area (Å²) in [5.41, 5.74) is 0.940. The maximum atomic E-state index is 14.0. The molecule has 2 aliphatic heterocycles. The summed E-state index contributed by atoms with van der Waals surface area (Å²) in [6, 6.07) is 6.98. The Kier molecular flexibility index (Phi) is 9.03. The standard InChI is InChI=1S/C22H27ClFN5O2.HI/c1-2-25-22(28-16-6-8-29(14-16)21-18(24)5-3-7-26-21)27-13-15-11-17(23)20-19(12-15)30-9-4-10-31-20;/h3,5,7,11-12,16H,2,4,6,8-10,13-14H2,1H3,(H2,25,27,28);1H. The van der Waals surface area contributed by atoms with Gasteiger partial charge in [-0.1, -0.05) is 11.6 Å². The van der Waals surface area contributed by atoms with Gasteiger partial charge in [0.05, 0.1) is 24.8 Å². The van der Waals surface area contributed by atoms with Crippen molar-refractivity contribution in [3.05, 3.63) is 46.9 Å². The van der Waals surface area contributed by atoms with Crippen LogP contribution in [0.25, 0.3) is 0 Å². The maximum absolute atomic E-state index is 14.0. The van der Waals surface area contributed by atoms with Gasteiger partial charge >= 0.3 is 0 Å². The number of aromatic nitrogens is 1. The van der Waals surface area contributed by atoms with Crippen LogP contribution in [0.4, 0.5) is 10.2 Å². The maximum Gasteiger partial charge on any atom is 0.191 e. The molecule has 1 aromatic carbocycles. The number of aliphatic imine (C=N–C) groups is 1. The fourth-order valence-electron chi connectivity index (χ4n) is 3.74. The predicted octanol–water partition coefficient (Wildman–Crippen LogP) is 3.99. The minimum atomic E-state index is -0.296.